The summed E-state index contributed by atoms with van der Waals surface area (Å²) in [6.45, 7) is 0. The van der Waals surface area contributed by atoms with E-state index < -0.39 is 24.1 Å². The fraction of sp³-hybridized carbons (Fsp3) is 0.111. The lowest BCUT2D eigenvalue weighted by molar-refractivity contribution is -0.139. The molecule has 1 rings (SSSR count). The van der Waals surface area contributed by atoms with Crippen LogP contribution >= 0.6 is 11.6 Å². The minimum Gasteiger partial charge on any atom is -0.481 e. The minimum absolute atomic E-state index is 0.131. The van der Waals surface area contributed by atoms with Crippen LogP contribution in [0.5, 0.6) is 0 Å². The molecule has 0 aliphatic rings. The molecule has 0 aliphatic heterocycles. The van der Waals surface area contributed by atoms with Gasteiger partial charge in [-0.05, 0) is 18.2 Å². The Balaban J connectivity index is 2.76. The van der Waals surface area contributed by atoms with Gasteiger partial charge >= 0.3 is 5.97 Å². The number of anilines is 1. The summed E-state index contributed by atoms with van der Waals surface area (Å²) in [4.78, 5) is 21.2. The van der Waals surface area contributed by atoms with Gasteiger partial charge in [0.2, 0.25) is 5.91 Å². The zero-order valence-electron chi connectivity index (χ0n) is 7.46. The van der Waals surface area contributed by atoms with Crippen LogP contribution in [0.25, 0.3) is 0 Å². The Bertz CT molecular complexity index is 408. The zero-order chi connectivity index (χ0) is 11.4. The number of halogens is 2. The number of hydrogen-bond acceptors (Lipinski definition) is 2. The number of hydrogen-bond donors (Lipinski definition) is 2. The Hall–Kier alpha value is -1.62. The van der Waals surface area contributed by atoms with Gasteiger partial charge in [0.15, 0.2) is 0 Å². The number of carbonyl (C=O) groups is 2. The van der Waals surface area contributed by atoms with Gasteiger partial charge in [-0.3, -0.25) is 9.59 Å². The summed E-state index contributed by atoms with van der Waals surface area (Å²) in [6, 6.07) is 3.61. The Morgan fingerprint density at radius 1 is 1.47 bits per heavy atom. The molecular weight excluding hydrogens is 225 g/mol. The van der Waals surface area contributed by atoms with Crippen molar-refractivity contribution in [2.45, 2.75) is 6.42 Å². The zero-order valence-corrected chi connectivity index (χ0v) is 8.21. The predicted octanol–water partition coefficient (Wildman–Crippen LogP) is 1.89. The van der Waals surface area contributed by atoms with Gasteiger partial charge in [-0.1, -0.05) is 11.6 Å². The van der Waals surface area contributed by atoms with E-state index in [1.165, 1.54) is 12.1 Å². The molecule has 1 aromatic rings. The first-order chi connectivity index (χ1) is 6.99. The standard InChI is InChI=1S/C9H7ClFNO3/c10-5-1-2-6(11)7(3-5)12-8(13)4-9(14)15/h1-3H,4H2,(H,12,13)(H,14,15). The molecule has 1 aromatic carbocycles. The number of nitrogens with one attached hydrogen (secondary N) is 1. The molecule has 0 aliphatic carbocycles. The number of rotatable bonds is 3. The number of aliphatic carboxylic acids is 1. The third kappa shape index (κ3) is 3.55. The highest BCUT2D eigenvalue weighted by atomic mass is 35.5. The maximum atomic E-state index is 13.0. The molecular formula is C9H7ClFNO3. The molecule has 80 valence electrons. The van der Waals surface area contributed by atoms with Gasteiger partial charge < -0.3 is 10.4 Å². The van der Waals surface area contributed by atoms with Gasteiger partial charge in [-0.15, -0.1) is 0 Å². The van der Waals surface area contributed by atoms with Crippen molar-refractivity contribution in [2.75, 3.05) is 5.32 Å². The maximum Gasteiger partial charge on any atom is 0.312 e. The number of carboxylic acid groups (broad SMARTS) is 1. The van der Waals surface area contributed by atoms with Crippen LogP contribution in [0.1, 0.15) is 6.42 Å². The van der Waals surface area contributed by atoms with Crippen LogP contribution < -0.4 is 5.32 Å². The summed E-state index contributed by atoms with van der Waals surface area (Å²) in [6.07, 6.45) is -0.716. The van der Waals surface area contributed by atoms with Crippen molar-refractivity contribution in [1.82, 2.24) is 0 Å². The van der Waals surface area contributed by atoms with Gasteiger partial charge in [0.05, 0.1) is 5.69 Å². The van der Waals surface area contributed by atoms with Crippen molar-refractivity contribution < 1.29 is 19.1 Å². The number of amides is 1. The topological polar surface area (TPSA) is 66.4 Å². The van der Waals surface area contributed by atoms with Crippen LogP contribution in [-0.4, -0.2) is 17.0 Å². The molecule has 0 spiro atoms. The van der Waals surface area contributed by atoms with Gasteiger partial charge in [0, 0.05) is 5.02 Å². The highest BCUT2D eigenvalue weighted by Gasteiger charge is 2.10. The average Bonchev–Trinajstić information content (AvgIpc) is 2.10. The van der Waals surface area contributed by atoms with E-state index in [-0.39, 0.29) is 10.7 Å². The van der Waals surface area contributed by atoms with Gasteiger partial charge in [-0.2, -0.15) is 0 Å². The van der Waals surface area contributed by atoms with Crippen molar-refractivity contribution in [3.63, 3.8) is 0 Å². The van der Waals surface area contributed by atoms with E-state index in [1.54, 1.807) is 0 Å². The first-order valence-corrected chi connectivity index (χ1v) is 4.33. The largest absolute Gasteiger partial charge is 0.481 e. The summed E-state index contributed by atoms with van der Waals surface area (Å²) in [5, 5.41) is 10.7. The SMILES string of the molecule is O=C(O)CC(=O)Nc1cc(Cl)ccc1F. The Morgan fingerprint density at radius 3 is 2.73 bits per heavy atom. The quantitative estimate of drug-likeness (QED) is 0.781. The lowest BCUT2D eigenvalue weighted by Crippen LogP contribution is -2.16. The maximum absolute atomic E-state index is 13.0. The first-order valence-electron chi connectivity index (χ1n) is 3.95. The smallest absolute Gasteiger partial charge is 0.312 e. The van der Waals surface area contributed by atoms with Crippen LogP contribution in [0.4, 0.5) is 10.1 Å². The molecule has 2 N–H and O–H groups in total. The van der Waals surface area contributed by atoms with Gasteiger partial charge in [0.25, 0.3) is 0 Å². The summed E-state index contributed by atoms with van der Waals surface area (Å²) < 4.78 is 13.0. The Labute approximate surface area is 89.7 Å². The van der Waals surface area contributed by atoms with E-state index in [9.17, 15) is 14.0 Å². The molecule has 15 heavy (non-hydrogen) atoms. The van der Waals surface area contributed by atoms with Crippen LogP contribution in [0.3, 0.4) is 0 Å². The minimum atomic E-state index is -1.28. The molecule has 0 radical (unpaired) electrons. The van der Waals surface area contributed by atoms with E-state index in [1.807, 2.05) is 0 Å². The first kappa shape index (κ1) is 11.5. The molecule has 4 nitrogen and oxygen atoms in total. The fourth-order valence-electron chi connectivity index (χ4n) is 0.925. The van der Waals surface area contributed by atoms with Crippen LogP contribution in [0, 0.1) is 5.82 Å². The molecule has 0 fully saturated rings. The molecule has 0 saturated heterocycles. The summed E-state index contributed by atoms with van der Waals surface area (Å²) >= 11 is 5.57. The van der Waals surface area contributed by atoms with Crippen LogP contribution in [0.2, 0.25) is 5.02 Å². The Kier molecular flexibility index (Phi) is 3.62. The van der Waals surface area contributed by atoms with Crippen LogP contribution in [-0.2, 0) is 9.59 Å². The van der Waals surface area contributed by atoms with E-state index in [0.29, 0.717) is 0 Å². The van der Waals surface area contributed by atoms with Crippen LogP contribution in [0.15, 0.2) is 18.2 Å². The molecule has 6 heteroatoms. The second-order valence-electron chi connectivity index (χ2n) is 2.74. The Morgan fingerprint density at radius 2 is 2.13 bits per heavy atom. The molecule has 0 atom stereocenters. The third-order valence-electron chi connectivity index (χ3n) is 1.51. The molecule has 1 amide bonds. The lowest BCUT2D eigenvalue weighted by atomic mass is 10.3. The average molecular weight is 232 g/mol. The predicted molar refractivity (Wildman–Crippen MR) is 52.3 cm³/mol. The van der Waals surface area contributed by atoms with E-state index in [0.717, 1.165) is 6.07 Å². The van der Waals surface area contributed by atoms with Gasteiger partial charge in [-0.25, -0.2) is 4.39 Å². The van der Waals surface area contributed by atoms with E-state index in [4.69, 9.17) is 16.7 Å². The second-order valence-corrected chi connectivity index (χ2v) is 3.18. The van der Waals surface area contributed by atoms with Crippen molar-refractivity contribution in [3.05, 3.63) is 29.0 Å². The molecule has 0 heterocycles. The second kappa shape index (κ2) is 4.75. The summed E-state index contributed by atoms with van der Waals surface area (Å²) in [5.74, 6) is -2.75. The number of carboxylic acids is 1. The van der Waals surface area contributed by atoms with E-state index in [2.05, 4.69) is 5.32 Å². The van der Waals surface area contributed by atoms with E-state index >= 15 is 0 Å². The fourth-order valence-corrected chi connectivity index (χ4v) is 1.10. The molecule has 0 aromatic heterocycles. The van der Waals surface area contributed by atoms with Crippen molar-refractivity contribution in [2.24, 2.45) is 0 Å². The van der Waals surface area contributed by atoms with Crippen molar-refractivity contribution in [1.29, 1.82) is 0 Å². The summed E-state index contributed by atoms with van der Waals surface area (Å²) in [7, 11) is 0. The lowest BCUT2D eigenvalue weighted by Gasteiger charge is -2.04. The number of benzene rings is 1. The highest BCUT2D eigenvalue weighted by molar-refractivity contribution is 6.30. The third-order valence-corrected chi connectivity index (χ3v) is 1.75. The normalized spacial score (nSPS) is 9.73. The highest BCUT2D eigenvalue weighted by Crippen LogP contribution is 2.19. The monoisotopic (exact) mass is 231 g/mol. The molecule has 0 saturated carbocycles. The molecule has 0 bridgehead atoms. The van der Waals surface area contributed by atoms with Gasteiger partial charge in [0.1, 0.15) is 12.2 Å². The number of carbonyl (C=O) groups excluding carboxylic acids is 1. The molecule has 0 unspecified atom stereocenters. The van der Waals surface area contributed by atoms with Crippen molar-refractivity contribution in [3.8, 4) is 0 Å². The summed E-state index contributed by atoms with van der Waals surface area (Å²) in [5.41, 5.74) is -0.131. The van der Waals surface area contributed by atoms with Crippen molar-refractivity contribution >= 4 is 29.2 Å².